The van der Waals surface area contributed by atoms with Crippen LogP contribution in [0.15, 0.2) is 0 Å². The predicted molar refractivity (Wildman–Crippen MR) is 80.4 cm³/mol. The molecule has 0 bridgehead atoms. The fourth-order valence-electron chi connectivity index (χ4n) is 4.10. The molecule has 0 aliphatic carbocycles. The molecule has 3 aliphatic heterocycles. The van der Waals surface area contributed by atoms with Crippen LogP contribution in [0, 0.1) is 0 Å². The summed E-state index contributed by atoms with van der Waals surface area (Å²) in [6.07, 6.45) is 6.40. The Morgan fingerprint density at radius 1 is 0.850 bits per heavy atom. The van der Waals surface area contributed by atoms with Crippen molar-refractivity contribution in [3.63, 3.8) is 0 Å². The summed E-state index contributed by atoms with van der Waals surface area (Å²) in [5.41, 5.74) is 6.03. The van der Waals surface area contributed by atoms with Gasteiger partial charge in [0.1, 0.15) is 0 Å². The highest BCUT2D eigenvalue weighted by atomic mass is 32.2. The Hall–Kier alpha value is -0.170. The number of sulfone groups is 1. The van der Waals surface area contributed by atoms with Crippen LogP contribution in [0.5, 0.6) is 0 Å². The molecule has 3 aliphatic rings. The van der Waals surface area contributed by atoms with Crippen LogP contribution in [0.3, 0.4) is 0 Å². The molecular formula is C14H27N3O2S. The second-order valence-corrected chi connectivity index (χ2v) is 8.83. The summed E-state index contributed by atoms with van der Waals surface area (Å²) in [5, 5.41) is 0. The van der Waals surface area contributed by atoms with E-state index in [4.69, 9.17) is 5.73 Å². The molecule has 0 aromatic heterocycles. The summed E-state index contributed by atoms with van der Waals surface area (Å²) in [6.45, 7) is 4.52. The lowest BCUT2D eigenvalue weighted by atomic mass is 9.98. The van der Waals surface area contributed by atoms with Crippen LogP contribution < -0.4 is 5.73 Å². The minimum absolute atomic E-state index is 0.0577. The molecule has 0 saturated carbocycles. The van der Waals surface area contributed by atoms with Crippen molar-refractivity contribution in [2.45, 2.75) is 50.2 Å². The van der Waals surface area contributed by atoms with Gasteiger partial charge in [0, 0.05) is 31.2 Å². The Balaban J connectivity index is 1.53. The monoisotopic (exact) mass is 301 g/mol. The highest BCUT2D eigenvalue weighted by Crippen LogP contribution is 2.25. The van der Waals surface area contributed by atoms with Gasteiger partial charge in [0.15, 0.2) is 9.84 Å². The van der Waals surface area contributed by atoms with E-state index >= 15 is 0 Å². The Kier molecular flexibility index (Phi) is 4.36. The van der Waals surface area contributed by atoms with Crippen molar-refractivity contribution in [3.8, 4) is 0 Å². The van der Waals surface area contributed by atoms with Gasteiger partial charge in [-0.15, -0.1) is 0 Å². The molecule has 5 nitrogen and oxygen atoms in total. The van der Waals surface area contributed by atoms with Crippen LogP contribution in [0.25, 0.3) is 0 Å². The lowest BCUT2D eigenvalue weighted by Gasteiger charge is -2.42. The molecule has 20 heavy (non-hydrogen) atoms. The fraction of sp³-hybridized carbons (Fsp3) is 1.00. The van der Waals surface area contributed by atoms with Crippen molar-refractivity contribution >= 4 is 9.84 Å². The van der Waals surface area contributed by atoms with Crippen LogP contribution in [0.4, 0.5) is 0 Å². The van der Waals surface area contributed by atoms with E-state index < -0.39 is 9.84 Å². The molecule has 0 spiro atoms. The molecule has 0 aromatic carbocycles. The molecule has 0 radical (unpaired) electrons. The van der Waals surface area contributed by atoms with Gasteiger partial charge in [-0.3, -0.25) is 4.90 Å². The molecule has 3 heterocycles. The normalized spacial score (nSPS) is 37.2. The maximum absolute atomic E-state index is 11.7. The minimum Gasteiger partial charge on any atom is -0.325 e. The lowest BCUT2D eigenvalue weighted by molar-refractivity contribution is 0.0740. The second kappa shape index (κ2) is 5.91. The smallest absolute Gasteiger partial charge is 0.153 e. The van der Waals surface area contributed by atoms with Crippen molar-refractivity contribution in [2.75, 3.05) is 37.7 Å². The van der Waals surface area contributed by atoms with Gasteiger partial charge in [-0.25, -0.2) is 8.42 Å². The molecule has 2 N–H and O–H groups in total. The van der Waals surface area contributed by atoms with Crippen molar-refractivity contribution in [3.05, 3.63) is 0 Å². The first-order valence-corrected chi connectivity index (χ1v) is 9.81. The third kappa shape index (κ3) is 3.18. The first-order valence-electron chi connectivity index (χ1n) is 7.99. The molecule has 6 heteroatoms. The van der Waals surface area contributed by atoms with Crippen LogP contribution in [0.2, 0.25) is 0 Å². The van der Waals surface area contributed by atoms with Crippen LogP contribution >= 0.6 is 0 Å². The summed E-state index contributed by atoms with van der Waals surface area (Å²) >= 11 is 0. The van der Waals surface area contributed by atoms with Gasteiger partial charge in [0.2, 0.25) is 0 Å². The van der Waals surface area contributed by atoms with E-state index in [-0.39, 0.29) is 23.6 Å². The van der Waals surface area contributed by atoms with E-state index in [1.54, 1.807) is 0 Å². The average Bonchev–Trinajstić information content (AvgIpc) is 2.73. The number of hydrogen-bond acceptors (Lipinski definition) is 5. The number of nitrogens with zero attached hydrogens (tertiary/aromatic N) is 2. The maximum atomic E-state index is 11.7. The van der Waals surface area contributed by atoms with E-state index in [0.29, 0.717) is 6.04 Å². The van der Waals surface area contributed by atoms with Gasteiger partial charge in [0.05, 0.1) is 11.5 Å². The van der Waals surface area contributed by atoms with E-state index in [2.05, 4.69) is 9.80 Å². The van der Waals surface area contributed by atoms with E-state index in [9.17, 15) is 8.42 Å². The number of rotatable bonds is 2. The van der Waals surface area contributed by atoms with Crippen LogP contribution in [-0.2, 0) is 9.84 Å². The Morgan fingerprint density at radius 3 is 2.05 bits per heavy atom. The van der Waals surface area contributed by atoms with E-state index in [1.807, 2.05) is 0 Å². The molecule has 3 rings (SSSR count). The first kappa shape index (κ1) is 14.8. The summed E-state index contributed by atoms with van der Waals surface area (Å²) in [5.74, 6) is 0.437. The second-order valence-electron chi connectivity index (χ2n) is 6.67. The van der Waals surface area contributed by atoms with Gasteiger partial charge >= 0.3 is 0 Å². The molecule has 0 aromatic rings. The highest BCUT2D eigenvalue weighted by Gasteiger charge is 2.40. The van der Waals surface area contributed by atoms with Crippen molar-refractivity contribution in [1.29, 1.82) is 0 Å². The predicted octanol–water partition coefficient (Wildman–Crippen LogP) is 0.0610. The molecular weight excluding hydrogens is 274 g/mol. The zero-order valence-electron chi connectivity index (χ0n) is 12.2. The molecule has 116 valence electrons. The number of likely N-dealkylation sites (tertiary alicyclic amines) is 2. The summed E-state index contributed by atoms with van der Waals surface area (Å²) in [6, 6.07) is 0.578. The SMILES string of the molecule is NC1CS(=O)(=O)CC1N1CCC(N2CCCCC2)CC1. The van der Waals surface area contributed by atoms with E-state index in [0.717, 1.165) is 13.1 Å². The Labute approximate surface area is 122 Å². The Bertz CT molecular complexity index is 426. The molecule has 0 amide bonds. The van der Waals surface area contributed by atoms with Gasteiger partial charge in [-0.2, -0.15) is 0 Å². The fourth-order valence-corrected chi connectivity index (χ4v) is 6.02. The molecule has 3 fully saturated rings. The standard InChI is InChI=1S/C14H27N3O2S/c15-13-10-20(18,19)11-14(13)17-8-4-12(5-9-17)16-6-2-1-3-7-16/h12-14H,1-11,15H2. The zero-order valence-corrected chi connectivity index (χ0v) is 13.0. The first-order chi connectivity index (χ1) is 9.55. The van der Waals surface area contributed by atoms with Gasteiger partial charge in [-0.05, 0) is 38.8 Å². The third-order valence-corrected chi connectivity index (χ3v) is 6.98. The average molecular weight is 301 g/mol. The molecule has 3 saturated heterocycles. The summed E-state index contributed by atoms with van der Waals surface area (Å²) in [7, 11) is -2.91. The number of piperidine rings is 2. The summed E-state index contributed by atoms with van der Waals surface area (Å²) < 4.78 is 23.4. The lowest BCUT2D eigenvalue weighted by Crippen LogP contribution is -2.53. The van der Waals surface area contributed by atoms with Gasteiger partial charge < -0.3 is 10.6 Å². The molecule has 2 atom stereocenters. The topological polar surface area (TPSA) is 66.6 Å². The van der Waals surface area contributed by atoms with Crippen molar-refractivity contribution in [2.24, 2.45) is 5.73 Å². The van der Waals surface area contributed by atoms with Gasteiger partial charge in [-0.1, -0.05) is 6.42 Å². The van der Waals surface area contributed by atoms with Crippen LogP contribution in [-0.4, -0.2) is 74.0 Å². The molecule has 2 unspecified atom stereocenters. The summed E-state index contributed by atoms with van der Waals surface area (Å²) in [4.78, 5) is 4.97. The maximum Gasteiger partial charge on any atom is 0.153 e. The largest absolute Gasteiger partial charge is 0.325 e. The van der Waals surface area contributed by atoms with Crippen molar-refractivity contribution < 1.29 is 8.42 Å². The van der Waals surface area contributed by atoms with Gasteiger partial charge in [0.25, 0.3) is 0 Å². The quantitative estimate of drug-likeness (QED) is 0.781. The minimum atomic E-state index is -2.91. The number of nitrogens with two attached hydrogens (primary N) is 1. The highest BCUT2D eigenvalue weighted by molar-refractivity contribution is 7.91. The Morgan fingerprint density at radius 2 is 1.50 bits per heavy atom. The number of hydrogen-bond donors (Lipinski definition) is 1. The van der Waals surface area contributed by atoms with E-state index in [1.165, 1.54) is 45.2 Å². The van der Waals surface area contributed by atoms with Crippen molar-refractivity contribution in [1.82, 2.24) is 9.80 Å². The van der Waals surface area contributed by atoms with Crippen LogP contribution in [0.1, 0.15) is 32.1 Å². The zero-order chi connectivity index (χ0) is 14.2. The third-order valence-electron chi connectivity index (χ3n) is 5.24.